The Hall–Kier alpha value is -1.62. The number of aliphatic carboxylic acids is 1. The predicted octanol–water partition coefficient (Wildman–Crippen LogP) is 3.96. The van der Waals surface area contributed by atoms with Crippen LogP contribution >= 0.6 is 0 Å². The first-order chi connectivity index (χ1) is 11.0. The average molecular weight is 325 g/mol. The Bertz CT molecular complexity index is 392. The molecule has 23 heavy (non-hydrogen) atoms. The van der Waals surface area contributed by atoms with Crippen molar-refractivity contribution in [2.45, 2.75) is 65.3 Å². The van der Waals surface area contributed by atoms with Crippen LogP contribution in [0.2, 0.25) is 0 Å². The third kappa shape index (κ3) is 7.98. The molecule has 0 aliphatic heterocycles. The lowest BCUT2D eigenvalue weighted by Crippen LogP contribution is -2.43. The molecule has 5 heteroatoms. The van der Waals surface area contributed by atoms with Crippen LogP contribution in [0.4, 0.5) is 0 Å². The van der Waals surface area contributed by atoms with E-state index >= 15 is 0 Å². The van der Waals surface area contributed by atoms with Gasteiger partial charge in [0.05, 0.1) is 18.6 Å². The zero-order chi connectivity index (χ0) is 17.7. The van der Waals surface area contributed by atoms with Gasteiger partial charge in [0.15, 0.2) is 0 Å². The van der Waals surface area contributed by atoms with Crippen LogP contribution in [0.5, 0.6) is 0 Å². The monoisotopic (exact) mass is 325 g/mol. The second-order valence-corrected chi connectivity index (χ2v) is 5.57. The molecule has 1 amide bonds. The van der Waals surface area contributed by atoms with E-state index in [4.69, 9.17) is 4.84 Å². The van der Waals surface area contributed by atoms with Crippen LogP contribution in [-0.2, 0) is 14.4 Å². The third-order valence-corrected chi connectivity index (χ3v) is 3.96. The minimum atomic E-state index is -0.874. The molecular formula is C18H31NO4. The molecule has 2 unspecified atom stereocenters. The zero-order valence-electron chi connectivity index (χ0n) is 14.7. The van der Waals surface area contributed by atoms with Gasteiger partial charge in [0.1, 0.15) is 0 Å². The fourth-order valence-electron chi connectivity index (χ4n) is 2.53. The maximum atomic E-state index is 11.6. The molecule has 5 nitrogen and oxygen atoms in total. The van der Waals surface area contributed by atoms with Crippen molar-refractivity contribution in [1.29, 1.82) is 0 Å². The number of allylic oxidation sites excluding steroid dienone is 2. The summed E-state index contributed by atoms with van der Waals surface area (Å²) in [5.41, 5.74) is 1.000. The summed E-state index contributed by atoms with van der Waals surface area (Å²) < 4.78 is 0. The van der Waals surface area contributed by atoms with Crippen LogP contribution in [0.1, 0.15) is 59.3 Å². The van der Waals surface area contributed by atoms with Gasteiger partial charge in [0.2, 0.25) is 6.41 Å². The number of nitrogens with zero attached hydrogens (tertiary/aromatic N) is 1. The number of amides is 1. The molecule has 0 aliphatic rings. The highest BCUT2D eigenvalue weighted by atomic mass is 16.7. The molecule has 0 aromatic rings. The van der Waals surface area contributed by atoms with Crippen molar-refractivity contribution in [3.63, 3.8) is 0 Å². The number of unbranched alkanes of at least 4 members (excludes halogenated alkanes) is 2. The highest BCUT2D eigenvalue weighted by Crippen LogP contribution is 2.22. The van der Waals surface area contributed by atoms with Crippen LogP contribution in [0, 0.1) is 5.92 Å². The molecule has 0 rings (SSSR count). The van der Waals surface area contributed by atoms with Gasteiger partial charge < -0.3 is 5.11 Å². The van der Waals surface area contributed by atoms with Gasteiger partial charge in [-0.05, 0) is 24.8 Å². The summed E-state index contributed by atoms with van der Waals surface area (Å²) in [6.07, 6.45) is 8.85. The van der Waals surface area contributed by atoms with Crippen LogP contribution in [-0.4, -0.2) is 35.2 Å². The Labute approximate surface area is 140 Å². The van der Waals surface area contributed by atoms with Crippen LogP contribution < -0.4 is 0 Å². The first-order valence-corrected chi connectivity index (χ1v) is 8.45. The Morgan fingerprint density at radius 2 is 2.00 bits per heavy atom. The van der Waals surface area contributed by atoms with Gasteiger partial charge in [-0.3, -0.25) is 14.4 Å². The van der Waals surface area contributed by atoms with E-state index in [1.165, 1.54) is 5.06 Å². The number of rotatable bonds is 14. The van der Waals surface area contributed by atoms with E-state index in [1.807, 2.05) is 19.9 Å². The third-order valence-electron chi connectivity index (χ3n) is 3.96. The molecular weight excluding hydrogens is 294 g/mol. The van der Waals surface area contributed by atoms with Crippen molar-refractivity contribution in [1.82, 2.24) is 5.06 Å². The number of carboxylic acid groups (broad SMARTS) is 1. The molecule has 2 atom stereocenters. The normalized spacial score (nSPS) is 14.1. The maximum absolute atomic E-state index is 11.6. The summed E-state index contributed by atoms with van der Waals surface area (Å²) in [4.78, 5) is 28.6. The second-order valence-electron chi connectivity index (χ2n) is 5.57. The largest absolute Gasteiger partial charge is 0.481 e. The molecule has 0 aromatic carbocycles. The van der Waals surface area contributed by atoms with E-state index in [-0.39, 0.29) is 6.61 Å². The van der Waals surface area contributed by atoms with Gasteiger partial charge >= 0.3 is 5.97 Å². The number of carbonyl (C=O) groups is 2. The van der Waals surface area contributed by atoms with E-state index < -0.39 is 17.9 Å². The van der Waals surface area contributed by atoms with E-state index in [1.54, 1.807) is 6.08 Å². The molecule has 132 valence electrons. The minimum absolute atomic E-state index is 0.263. The molecule has 0 aromatic heterocycles. The van der Waals surface area contributed by atoms with Crippen LogP contribution in [0.25, 0.3) is 0 Å². The predicted molar refractivity (Wildman–Crippen MR) is 91.8 cm³/mol. The Morgan fingerprint density at radius 3 is 2.43 bits per heavy atom. The Balaban J connectivity index is 4.94. The van der Waals surface area contributed by atoms with Crippen molar-refractivity contribution in [3.05, 3.63) is 24.3 Å². The standard InChI is InChI=1S/C18H31NO4/c1-5-9-10-12-16(18(21)22)17(8-4)19(14-20)23-13-15(7-3)11-6-2/h6,11,14,16-17H,2,5,7-10,12-13H2,1,3-4H3,(H,21,22)/b15-11+. The van der Waals surface area contributed by atoms with Gasteiger partial charge in [0, 0.05) is 0 Å². The average Bonchev–Trinajstić information content (AvgIpc) is 2.55. The van der Waals surface area contributed by atoms with E-state index in [0.29, 0.717) is 19.3 Å². The summed E-state index contributed by atoms with van der Waals surface area (Å²) >= 11 is 0. The van der Waals surface area contributed by atoms with Gasteiger partial charge in [-0.25, -0.2) is 5.06 Å². The van der Waals surface area contributed by atoms with Gasteiger partial charge in [0.25, 0.3) is 0 Å². The summed E-state index contributed by atoms with van der Waals surface area (Å²) in [6.45, 7) is 9.85. The highest BCUT2D eigenvalue weighted by molar-refractivity contribution is 5.71. The number of hydrogen-bond donors (Lipinski definition) is 1. The quantitative estimate of drug-likeness (QED) is 0.227. The molecule has 1 N–H and O–H groups in total. The molecule has 0 spiro atoms. The number of carboxylic acids is 1. The van der Waals surface area contributed by atoms with Crippen molar-refractivity contribution >= 4 is 12.4 Å². The first kappa shape index (κ1) is 21.4. The highest BCUT2D eigenvalue weighted by Gasteiger charge is 2.31. The molecule has 0 saturated carbocycles. The maximum Gasteiger partial charge on any atom is 0.308 e. The summed E-state index contributed by atoms with van der Waals surface area (Å²) in [5, 5.41) is 10.7. The summed E-state index contributed by atoms with van der Waals surface area (Å²) in [5.74, 6) is -1.48. The Morgan fingerprint density at radius 1 is 1.30 bits per heavy atom. The van der Waals surface area contributed by atoms with Gasteiger partial charge in [-0.2, -0.15) is 0 Å². The molecule has 0 radical (unpaired) electrons. The van der Waals surface area contributed by atoms with E-state index in [0.717, 1.165) is 31.3 Å². The van der Waals surface area contributed by atoms with Crippen molar-refractivity contribution < 1.29 is 19.5 Å². The fourth-order valence-corrected chi connectivity index (χ4v) is 2.53. The lowest BCUT2D eigenvalue weighted by molar-refractivity contribution is -0.193. The molecule has 0 fully saturated rings. The fraction of sp³-hybridized carbons (Fsp3) is 0.667. The second kappa shape index (κ2) is 12.9. The van der Waals surface area contributed by atoms with Gasteiger partial charge in [-0.15, -0.1) is 0 Å². The van der Waals surface area contributed by atoms with E-state index in [2.05, 4.69) is 13.5 Å². The molecule has 0 bridgehead atoms. The molecule has 0 saturated heterocycles. The topological polar surface area (TPSA) is 66.8 Å². The number of carbonyl (C=O) groups excluding carboxylic acids is 1. The smallest absolute Gasteiger partial charge is 0.308 e. The van der Waals surface area contributed by atoms with Gasteiger partial charge in [-0.1, -0.05) is 58.8 Å². The molecule has 0 heterocycles. The summed E-state index contributed by atoms with van der Waals surface area (Å²) in [7, 11) is 0. The van der Waals surface area contributed by atoms with Crippen LogP contribution in [0.15, 0.2) is 24.3 Å². The number of hydroxylamine groups is 2. The molecule has 0 aliphatic carbocycles. The summed E-state index contributed by atoms with van der Waals surface area (Å²) in [6, 6.07) is -0.455. The van der Waals surface area contributed by atoms with Crippen LogP contribution in [0.3, 0.4) is 0 Å². The minimum Gasteiger partial charge on any atom is -0.481 e. The lowest BCUT2D eigenvalue weighted by Gasteiger charge is -2.31. The van der Waals surface area contributed by atoms with E-state index in [9.17, 15) is 14.7 Å². The van der Waals surface area contributed by atoms with Crippen molar-refractivity contribution in [2.75, 3.05) is 6.61 Å². The number of hydrogen-bond acceptors (Lipinski definition) is 3. The lowest BCUT2D eigenvalue weighted by atomic mass is 9.91. The zero-order valence-corrected chi connectivity index (χ0v) is 14.7. The van der Waals surface area contributed by atoms with Crippen molar-refractivity contribution in [3.8, 4) is 0 Å². The first-order valence-electron chi connectivity index (χ1n) is 8.45. The SMILES string of the molecule is C=C/C=C(\CC)CON(C=O)C(CC)C(CCCCC)C(=O)O. The van der Waals surface area contributed by atoms with Crippen molar-refractivity contribution in [2.24, 2.45) is 5.92 Å². The Kier molecular flexibility index (Phi) is 12.0.